The summed E-state index contributed by atoms with van der Waals surface area (Å²) >= 11 is 0. The number of likely N-dealkylation sites (tertiary alicyclic amines) is 1. The topological polar surface area (TPSA) is 49.8 Å². The minimum absolute atomic E-state index is 0.0903. The van der Waals surface area contributed by atoms with Crippen LogP contribution in [0.2, 0.25) is 0 Å². The van der Waals surface area contributed by atoms with Crippen molar-refractivity contribution in [2.75, 3.05) is 19.7 Å². The molecule has 1 amide bonds. The summed E-state index contributed by atoms with van der Waals surface area (Å²) < 4.78 is 44.1. The van der Waals surface area contributed by atoms with Crippen LogP contribution < -0.4 is 4.74 Å². The van der Waals surface area contributed by atoms with E-state index in [1.165, 1.54) is 25.1 Å². The molecular formula is C16H20F3NO3. The van der Waals surface area contributed by atoms with E-state index in [9.17, 15) is 18.0 Å². The Morgan fingerprint density at radius 2 is 1.96 bits per heavy atom. The molecule has 0 spiro atoms. The molecule has 1 saturated heterocycles. The number of nitrogens with zero attached hydrogens (tertiary/aromatic N) is 1. The standard InChI is InChI=1S/C16H20F3NO3/c1-11(15(22)20-8-6-12(10-21)7-9-20)23-14-5-3-2-4-13(14)16(17,18)19/h2-5,11-12,21H,6-10H2,1H3. The number of alkyl halides is 3. The van der Waals surface area contributed by atoms with Crippen molar-refractivity contribution in [1.29, 1.82) is 0 Å². The lowest BCUT2D eigenvalue weighted by molar-refractivity contribution is -0.144. The van der Waals surface area contributed by atoms with Gasteiger partial charge >= 0.3 is 6.18 Å². The molecule has 1 heterocycles. The van der Waals surface area contributed by atoms with Gasteiger partial charge in [-0.15, -0.1) is 0 Å². The Bertz CT molecular complexity index is 540. The molecule has 23 heavy (non-hydrogen) atoms. The molecule has 0 aromatic heterocycles. The number of rotatable bonds is 4. The second kappa shape index (κ2) is 7.21. The first-order chi connectivity index (χ1) is 10.8. The van der Waals surface area contributed by atoms with E-state index in [-0.39, 0.29) is 24.2 Å². The van der Waals surface area contributed by atoms with Gasteiger partial charge in [-0.3, -0.25) is 4.79 Å². The van der Waals surface area contributed by atoms with Crippen molar-refractivity contribution in [1.82, 2.24) is 4.90 Å². The maximum absolute atomic E-state index is 12.9. The van der Waals surface area contributed by atoms with Crippen molar-refractivity contribution < 1.29 is 27.8 Å². The van der Waals surface area contributed by atoms with Gasteiger partial charge in [-0.2, -0.15) is 13.2 Å². The van der Waals surface area contributed by atoms with Crippen molar-refractivity contribution in [3.63, 3.8) is 0 Å². The van der Waals surface area contributed by atoms with Gasteiger partial charge in [0, 0.05) is 19.7 Å². The van der Waals surface area contributed by atoms with Crippen molar-refractivity contribution in [2.45, 2.75) is 32.0 Å². The van der Waals surface area contributed by atoms with Crippen molar-refractivity contribution >= 4 is 5.91 Å². The number of hydrogen-bond donors (Lipinski definition) is 1. The van der Waals surface area contributed by atoms with Gasteiger partial charge in [0.15, 0.2) is 6.10 Å². The van der Waals surface area contributed by atoms with Crippen LogP contribution in [0.25, 0.3) is 0 Å². The number of para-hydroxylation sites is 1. The molecule has 2 rings (SSSR count). The summed E-state index contributed by atoms with van der Waals surface area (Å²) in [6.45, 7) is 2.51. The Morgan fingerprint density at radius 1 is 1.35 bits per heavy atom. The highest BCUT2D eigenvalue weighted by Crippen LogP contribution is 2.36. The van der Waals surface area contributed by atoms with E-state index >= 15 is 0 Å². The predicted molar refractivity (Wildman–Crippen MR) is 77.9 cm³/mol. The zero-order chi connectivity index (χ0) is 17.0. The van der Waals surface area contributed by atoms with Gasteiger partial charge in [0.25, 0.3) is 5.91 Å². The average Bonchev–Trinajstić information content (AvgIpc) is 2.53. The van der Waals surface area contributed by atoms with Crippen LogP contribution in [0, 0.1) is 5.92 Å². The molecule has 1 aromatic rings. The van der Waals surface area contributed by atoms with Crippen LogP contribution >= 0.6 is 0 Å². The number of carbonyl (C=O) groups is 1. The van der Waals surface area contributed by atoms with Crippen molar-refractivity contribution in [2.24, 2.45) is 5.92 Å². The molecule has 0 aliphatic carbocycles. The lowest BCUT2D eigenvalue weighted by Crippen LogP contribution is -2.45. The largest absolute Gasteiger partial charge is 0.480 e. The number of carbonyl (C=O) groups excluding carboxylic acids is 1. The van der Waals surface area contributed by atoms with E-state index in [2.05, 4.69) is 0 Å². The van der Waals surface area contributed by atoms with Gasteiger partial charge in [-0.1, -0.05) is 12.1 Å². The number of aliphatic hydroxyl groups is 1. The summed E-state index contributed by atoms with van der Waals surface area (Å²) in [6, 6.07) is 4.86. The first-order valence-electron chi connectivity index (χ1n) is 7.55. The fraction of sp³-hybridized carbons (Fsp3) is 0.562. The zero-order valence-electron chi connectivity index (χ0n) is 12.8. The molecule has 0 bridgehead atoms. The lowest BCUT2D eigenvalue weighted by atomic mass is 9.97. The Balaban J connectivity index is 2.02. The maximum Gasteiger partial charge on any atom is 0.419 e. The first kappa shape index (κ1) is 17.6. The molecule has 0 radical (unpaired) electrons. The van der Waals surface area contributed by atoms with Gasteiger partial charge < -0.3 is 14.7 Å². The summed E-state index contributed by atoms with van der Waals surface area (Å²) in [4.78, 5) is 13.9. The van der Waals surface area contributed by atoms with Crippen LogP contribution in [-0.4, -0.2) is 41.7 Å². The SMILES string of the molecule is CC(Oc1ccccc1C(F)(F)F)C(=O)N1CCC(CO)CC1. The van der Waals surface area contributed by atoms with Crippen LogP contribution in [0.5, 0.6) is 5.75 Å². The van der Waals surface area contributed by atoms with Gasteiger partial charge in [-0.25, -0.2) is 0 Å². The Kier molecular flexibility index (Phi) is 5.51. The fourth-order valence-corrected chi connectivity index (χ4v) is 2.64. The molecule has 1 fully saturated rings. The Labute approximate surface area is 132 Å². The highest BCUT2D eigenvalue weighted by molar-refractivity contribution is 5.81. The maximum atomic E-state index is 12.9. The van der Waals surface area contributed by atoms with Gasteiger partial charge in [0.05, 0.1) is 5.56 Å². The number of halogens is 3. The molecule has 1 atom stereocenters. The number of amides is 1. The highest BCUT2D eigenvalue weighted by Gasteiger charge is 2.35. The normalized spacial score (nSPS) is 17.9. The predicted octanol–water partition coefficient (Wildman–Crippen LogP) is 2.70. The van der Waals surface area contributed by atoms with E-state index in [1.54, 1.807) is 4.90 Å². The van der Waals surface area contributed by atoms with Gasteiger partial charge in [0.2, 0.25) is 0 Å². The molecule has 1 aliphatic rings. The number of hydrogen-bond acceptors (Lipinski definition) is 3. The third kappa shape index (κ3) is 4.37. The average molecular weight is 331 g/mol. The van der Waals surface area contributed by atoms with Gasteiger partial charge in [0.1, 0.15) is 5.75 Å². The first-order valence-corrected chi connectivity index (χ1v) is 7.55. The Morgan fingerprint density at radius 3 is 2.52 bits per heavy atom. The molecule has 1 aromatic carbocycles. The summed E-state index contributed by atoms with van der Waals surface area (Å²) in [5.74, 6) is -0.495. The number of piperidine rings is 1. The van der Waals surface area contributed by atoms with Gasteiger partial charge in [-0.05, 0) is 37.8 Å². The second-order valence-electron chi connectivity index (χ2n) is 5.71. The highest BCUT2D eigenvalue weighted by atomic mass is 19.4. The minimum Gasteiger partial charge on any atom is -0.480 e. The quantitative estimate of drug-likeness (QED) is 0.923. The third-order valence-electron chi connectivity index (χ3n) is 4.03. The van der Waals surface area contributed by atoms with Crippen molar-refractivity contribution in [3.8, 4) is 5.75 Å². The van der Waals surface area contributed by atoms with Crippen LogP contribution in [0.3, 0.4) is 0 Å². The molecular weight excluding hydrogens is 311 g/mol. The van der Waals surface area contributed by atoms with Crippen LogP contribution in [-0.2, 0) is 11.0 Å². The number of benzene rings is 1. The molecule has 1 aliphatic heterocycles. The molecule has 0 saturated carbocycles. The minimum atomic E-state index is -4.53. The monoisotopic (exact) mass is 331 g/mol. The summed E-state index contributed by atoms with van der Waals surface area (Å²) in [7, 11) is 0. The summed E-state index contributed by atoms with van der Waals surface area (Å²) in [5.41, 5.74) is -0.890. The summed E-state index contributed by atoms with van der Waals surface area (Å²) in [5, 5.41) is 9.09. The van der Waals surface area contributed by atoms with E-state index in [1.807, 2.05) is 0 Å². The van der Waals surface area contributed by atoms with E-state index < -0.39 is 17.8 Å². The van der Waals surface area contributed by atoms with E-state index in [0.717, 1.165) is 6.07 Å². The van der Waals surface area contributed by atoms with Crippen molar-refractivity contribution in [3.05, 3.63) is 29.8 Å². The van der Waals surface area contributed by atoms with Crippen LogP contribution in [0.4, 0.5) is 13.2 Å². The van der Waals surface area contributed by atoms with Crippen LogP contribution in [0.1, 0.15) is 25.3 Å². The summed E-state index contributed by atoms with van der Waals surface area (Å²) in [6.07, 6.45) is -4.15. The van der Waals surface area contributed by atoms with E-state index in [4.69, 9.17) is 9.84 Å². The lowest BCUT2D eigenvalue weighted by Gasteiger charge is -2.33. The third-order valence-corrected chi connectivity index (χ3v) is 4.03. The molecule has 128 valence electrons. The molecule has 4 nitrogen and oxygen atoms in total. The van der Waals surface area contributed by atoms with Crippen LogP contribution in [0.15, 0.2) is 24.3 Å². The number of aliphatic hydroxyl groups excluding tert-OH is 1. The van der Waals surface area contributed by atoms with E-state index in [0.29, 0.717) is 25.9 Å². The zero-order valence-corrected chi connectivity index (χ0v) is 12.8. The smallest absolute Gasteiger partial charge is 0.419 e. The molecule has 7 heteroatoms. The second-order valence-corrected chi connectivity index (χ2v) is 5.71. The fourth-order valence-electron chi connectivity index (χ4n) is 2.64. The molecule has 1 N–H and O–H groups in total. The molecule has 1 unspecified atom stereocenters. The Hall–Kier alpha value is -1.76. The number of ether oxygens (including phenoxy) is 1.